The van der Waals surface area contributed by atoms with Gasteiger partial charge in [-0.25, -0.2) is 4.39 Å². The molecule has 0 aromatic rings. The Morgan fingerprint density at radius 1 is 1.47 bits per heavy atom. The average molecular weight is 223 g/mol. The molecule has 0 fully saturated rings. The van der Waals surface area contributed by atoms with Crippen LogP contribution in [0.5, 0.6) is 0 Å². The van der Waals surface area contributed by atoms with Crippen LogP contribution in [0.25, 0.3) is 0 Å². The van der Waals surface area contributed by atoms with E-state index in [0.717, 1.165) is 12.2 Å². The molecule has 4 nitrogen and oxygen atoms in total. The molecule has 0 unspecified atom stereocenters. The maximum Gasteiger partial charge on any atom is 0.351 e. The highest BCUT2D eigenvalue weighted by Gasteiger charge is 2.62. The van der Waals surface area contributed by atoms with Crippen molar-refractivity contribution in [2.24, 2.45) is 0 Å². The fraction of sp³-hybridized carbons (Fsp3) is 0.500. The zero-order chi connectivity index (χ0) is 11.7. The van der Waals surface area contributed by atoms with Crippen molar-refractivity contribution in [2.75, 3.05) is 6.67 Å². The second kappa shape index (κ2) is 3.65. The maximum atomic E-state index is 13.1. The molecule has 1 rings (SSSR count). The lowest BCUT2D eigenvalue weighted by atomic mass is 9.87. The van der Waals surface area contributed by atoms with Crippen molar-refractivity contribution >= 4 is 0 Å². The molecule has 7 heteroatoms. The average Bonchev–Trinajstić information content (AvgIpc) is 2.18. The van der Waals surface area contributed by atoms with Gasteiger partial charge in [0.1, 0.15) is 0 Å². The monoisotopic (exact) mass is 223 g/mol. The fourth-order valence-corrected chi connectivity index (χ4v) is 1.22. The molecule has 0 amide bonds. The SMILES string of the molecule is O=[N+]([O-])C1(C(F)(F)CF)C=CC(O)C=C1. The first-order valence-corrected chi connectivity index (χ1v) is 4.01. The molecule has 0 radical (unpaired) electrons. The lowest BCUT2D eigenvalue weighted by molar-refractivity contribution is -0.570. The van der Waals surface area contributed by atoms with Crippen LogP contribution >= 0.6 is 0 Å². The first-order chi connectivity index (χ1) is 6.85. The third-order valence-electron chi connectivity index (χ3n) is 2.15. The minimum atomic E-state index is -4.14. The zero-order valence-electron chi connectivity index (χ0n) is 7.44. The van der Waals surface area contributed by atoms with Crippen molar-refractivity contribution < 1.29 is 23.2 Å². The van der Waals surface area contributed by atoms with E-state index >= 15 is 0 Å². The topological polar surface area (TPSA) is 63.4 Å². The molecular formula is C8H8F3NO3. The van der Waals surface area contributed by atoms with Crippen LogP contribution in [-0.2, 0) is 0 Å². The van der Waals surface area contributed by atoms with E-state index in [1.54, 1.807) is 0 Å². The van der Waals surface area contributed by atoms with Gasteiger partial charge in [-0.2, -0.15) is 8.78 Å². The summed E-state index contributed by atoms with van der Waals surface area (Å²) < 4.78 is 38.2. The van der Waals surface area contributed by atoms with Crippen molar-refractivity contribution in [1.29, 1.82) is 0 Å². The number of aliphatic hydroxyl groups excluding tert-OH is 1. The largest absolute Gasteiger partial charge is 0.385 e. The number of alkyl halides is 3. The highest BCUT2D eigenvalue weighted by molar-refractivity contribution is 5.27. The summed E-state index contributed by atoms with van der Waals surface area (Å²) in [5.41, 5.74) is -2.90. The highest BCUT2D eigenvalue weighted by atomic mass is 19.3. The number of nitro groups is 1. The van der Waals surface area contributed by atoms with Crippen LogP contribution in [0.1, 0.15) is 0 Å². The van der Waals surface area contributed by atoms with Crippen molar-refractivity contribution in [3.8, 4) is 0 Å². The van der Waals surface area contributed by atoms with Gasteiger partial charge < -0.3 is 5.11 Å². The number of aliphatic hydroxyl groups is 1. The molecule has 0 bridgehead atoms. The van der Waals surface area contributed by atoms with Crippen LogP contribution in [0, 0.1) is 10.1 Å². The Balaban J connectivity index is 3.18. The molecule has 0 spiro atoms. The van der Waals surface area contributed by atoms with Crippen LogP contribution < -0.4 is 0 Å². The summed E-state index contributed by atoms with van der Waals surface area (Å²) in [7, 11) is 0. The molecule has 1 aliphatic rings. The third kappa shape index (κ3) is 1.74. The number of halogens is 3. The van der Waals surface area contributed by atoms with Gasteiger partial charge in [0.15, 0.2) is 6.67 Å². The first kappa shape index (κ1) is 11.7. The molecule has 0 saturated carbocycles. The van der Waals surface area contributed by atoms with E-state index in [9.17, 15) is 23.3 Å². The summed E-state index contributed by atoms with van der Waals surface area (Å²) in [6, 6.07) is 0. The van der Waals surface area contributed by atoms with Gasteiger partial charge in [0.25, 0.3) is 0 Å². The standard InChI is InChI=1S/C8H8F3NO3/c9-5-8(10,11)7(12(14)15)3-1-6(13)2-4-7/h1-4,6,13H,5H2. The van der Waals surface area contributed by atoms with E-state index < -0.39 is 29.2 Å². The Labute approximate surface area is 82.9 Å². The van der Waals surface area contributed by atoms with Crippen LogP contribution in [0.2, 0.25) is 0 Å². The fourth-order valence-electron chi connectivity index (χ4n) is 1.22. The molecule has 84 valence electrons. The summed E-state index contributed by atoms with van der Waals surface area (Å²) in [4.78, 5) is 9.29. The van der Waals surface area contributed by atoms with E-state index in [1.807, 2.05) is 0 Å². The van der Waals surface area contributed by atoms with E-state index in [-0.39, 0.29) is 0 Å². The lowest BCUT2D eigenvalue weighted by Crippen LogP contribution is -2.53. The molecule has 0 aromatic heterocycles. The van der Waals surface area contributed by atoms with Crippen molar-refractivity contribution in [2.45, 2.75) is 17.6 Å². The van der Waals surface area contributed by atoms with Crippen LogP contribution in [0.3, 0.4) is 0 Å². The van der Waals surface area contributed by atoms with Crippen molar-refractivity contribution in [3.63, 3.8) is 0 Å². The molecule has 1 aliphatic carbocycles. The Hall–Kier alpha value is -1.37. The molecule has 0 heterocycles. The minimum absolute atomic E-state index is 0.511. The Morgan fingerprint density at radius 3 is 2.27 bits per heavy atom. The molecule has 0 aromatic carbocycles. The Bertz CT molecular complexity index is 313. The van der Waals surface area contributed by atoms with Crippen molar-refractivity contribution in [3.05, 3.63) is 34.4 Å². The second-order valence-corrected chi connectivity index (χ2v) is 3.13. The first-order valence-electron chi connectivity index (χ1n) is 4.01. The van der Waals surface area contributed by atoms with Gasteiger partial charge in [-0.1, -0.05) is 0 Å². The van der Waals surface area contributed by atoms with Crippen LogP contribution in [-0.4, -0.2) is 34.3 Å². The van der Waals surface area contributed by atoms with Gasteiger partial charge in [0.2, 0.25) is 0 Å². The molecular weight excluding hydrogens is 215 g/mol. The summed E-state index contributed by atoms with van der Waals surface area (Å²) >= 11 is 0. The summed E-state index contributed by atoms with van der Waals surface area (Å²) in [5.74, 6) is -4.14. The summed E-state index contributed by atoms with van der Waals surface area (Å²) in [5, 5.41) is 19.5. The smallest absolute Gasteiger partial charge is 0.351 e. The second-order valence-electron chi connectivity index (χ2n) is 3.13. The summed E-state index contributed by atoms with van der Waals surface area (Å²) in [6.45, 7) is -2.14. The van der Waals surface area contributed by atoms with Gasteiger partial charge >= 0.3 is 11.5 Å². The predicted octanol–water partition coefficient (Wildman–Crippen LogP) is 1.09. The minimum Gasteiger partial charge on any atom is -0.385 e. The molecule has 15 heavy (non-hydrogen) atoms. The van der Waals surface area contributed by atoms with Gasteiger partial charge in [0.05, 0.1) is 6.10 Å². The van der Waals surface area contributed by atoms with Crippen molar-refractivity contribution in [1.82, 2.24) is 0 Å². The summed E-state index contributed by atoms with van der Waals surface area (Å²) in [6.07, 6.45) is 1.52. The molecule has 0 aliphatic heterocycles. The Kier molecular flexibility index (Phi) is 2.85. The normalized spacial score (nSPS) is 30.5. The molecule has 0 saturated heterocycles. The Morgan fingerprint density at radius 2 is 1.93 bits per heavy atom. The molecule has 1 N–H and O–H groups in total. The number of hydrogen-bond donors (Lipinski definition) is 1. The van der Waals surface area contributed by atoms with E-state index in [0.29, 0.717) is 12.2 Å². The van der Waals surface area contributed by atoms with Gasteiger partial charge in [-0.05, 0) is 12.2 Å². The van der Waals surface area contributed by atoms with Crippen LogP contribution in [0.15, 0.2) is 24.3 Å². The lowest BCUT2D eigenvalue weighted by Gasteiger charge is -2.27. The number of nitrogens with zero attached hydrogens (tertiary/aromatic N) is 1. The van der Waals surface area contributed by atoms with E-state index in [2.05, 4.69) is 0 Å². The van der Waals surface area contributed by atoms with Gasteiger partial charge in [0, 0.05) is 17.1 Å². The van der Waals surface area contributed by atoms with Crippen LogP contribution in [0.4, 0.5) is 13.2 Å². The van der Waals surface area contributed by atoms with E-state index in [1.165, 1.54) is 0 Å². The number of hydrogen-bond acceptors (Lipinski definition) is 3. The number of rotatable bonds is 3. The maximum absolute atomic E-state index is 13.1. The predicted molar refractivity (Wildman–Crippen MR) is 44.9 cm³/mol. The quantitative estimate of drug-likeness (QED) is 0.442. The highest BCUT2D eigenvalue weighted by Crippen LogP contribution is 2.36. The van der Waals surface area contributed by atoms with Gasteiger partial charge in [-0.15, -0.1) is 0 Å². The van der Waals surface area contributed by atoms with E-state index in [4.69, 9.17) is 5.11 Å². The van der Waals surface area contributed by atoms with Gasteiger partial charge in [-0.3, -0.25) is 10.1 Å². The molecule has 0 atom stereocenters. The third-order valence-corrected chi connectivity index (χ3v) is 2.15. The zero-order valence-corrected chi connectivity index (χ0v) is 7.44.